The minimum atomic E-state index is -0.201. The molecule has 0 aliphatic rings. The first-order valence-electron chi connectivity index (χ1n) is 5.50. The lowest BCUT2D eigenvalue weighted by atomic mass is 10.1. The number of rotatable bonds is 2. The van der Waals surface area contributed by atoms with Crippen molar-refractivity contribution in [2.45, 2.75) is 6.92 Å². The summed E-state index contributed by atoms with van der Waals surface area (Å²) in [6, 6.07) is 12.3. The molecule has 18 heavy (non-hydrogen) atoms. The van der Waals surface area contributed by atoms with E-state index in [-0.39, 0.29) is 5.91 Å². The summed E-state index contributed by atoms with van der Waals surface area (Å²) in [5.74, 6) is -0.201. The first-order valence-corrected chi connectivity index (χ1v) is 5.88. The van der Waals surface area contributed by atoms with Gasteiger partial charge in [0.1, 0.15) is 0 Å². The summed E-state index contributed by atoms with van der Waals surface area (Å²) in [6.45, 7) is 1.86. The van der Waals surface area contributed by atoms with Crippen molar-refractivity contribution >= 4 is 28.9 Å². The Morgan fingerprint density at radius 3 is 2.61 bits per heavy atom. The van der Waals surface area contributed by atoms with Gasteiger partial charge in [0.2, 0.25) is 0 Å². The summed E-state index contributed by atoms with van der Waals surface area (Å²) in [5, 5.41) is 3.41. The van der Waals surface area contributed by atoms with E-state index < -0.39 is 0 Å². The Morgan fingerprint density at radius 2 is 1.94 bits per heavy atom. The molecule has 3 nitrogen and oxygen atoms in total. The van der Waals surface area contributed by atoms with Gasteiger partial charge in [0, 0.05) is 10.6 Å². The molecule has 4 heteroatoms. The van der Waals surface area contributed by atoms with Crippen molar-refractivity contribution in [2.75, 3.05) is 11.1 Å². The molecule has 0 saturated carbocycles. The maximum absolute atomic E-state index is 12.0. The van der Waals surface area contributed by atoms with E-state index >= 15 is 0 Å². The number of carbonyl (C=O) groups is 1. The Bertz CT molecular complexity index is 596. The Kier molecular flexibility index (Phi) is 3.53. The van der Waals surface area contributed by atoms with Crippen LogP contribution >= 0.6 is 11.6 Å². The number of halogens is 1. The number of benzene rings is 2. The van der Waals surface area contributed by atoms with Gasteiger partial charge in [-0.1, -0.05) is 23.7 Å². The van der Waals surface area contributed by atoms with Gasteiger partial charge in [-0.2, -0.15) is 0 Å². The van der Waals surface area contributed by atoms with E-state index in [9.17, 15) is 4.79 Å². The number of hydrogen-bond donors (Lipinski definition) is 2. The Hall–Kier alpha value is -2.00. The van der Waals surface area contributed by atoms with Gasteiger partial charge < -0.3 is 11.1 Å². The molecule has 2 aromatic carbocycles. The fourth-order valence-corrected chi connectivity index (χ4v) is 1.71. The highest BCUT2D eigenvalue weighted by atomic mass is 35.5. The van der Waals surface area contributed by atoms with E-state index in [1.807, 2.05) is 19.1 Å². The number of amides is 1. The summed E-state index contributed by atoms with van der Waals surface area (Å²) in [6.07, 6.45) is 0. The Labute approximate surface area is 111 Å². The number of anilines is 2. The summed E-state index contributed by atoms with van der Waals surface area (Å²) in [4.78, 5) is 12.0. The maximum atomic E-state index is 12.0. The third-order valence-electron chi connectivity index (χ3n) is 2.63. The average molecular weight is 261 g/mol. The molecule has 3 N–H and O–H groups in total. The number of nitrogen functional groups attached to an aromatic ring is 1. The minimum absolute atomic E-state index is 0.201. The molecule has 2 aromatic rings. The summed E-state index contributed by atoms with van der Waals surface area (Å²) >= 11 is 5.92. The largest absolute Gasteiger partial charge is 0.397 e. The lowest BCUT2D eigenvalue weighted by Gasteiger charge is -2.08. The molecule has 0 atom stereocenters. The van der Waals surface area contributed by atoms with Gasteiger partial charge in [-0.25, -0.2) is 0 Å². The van der Waals surface area contributed by atoms with E-state index in [0.717, 1.165) is 5.56 Å². The third-order valence-corrected chi connectivity index (χ3v) is 3.05. The van der Waals surface area contributed by atoms with Crippen molar-refractivity contribution in [3.05, 3.63) is 58.6 Å². The van der Waals surface area contributed by atoms with Gasteiger partial charge in [0.25, 0.3) is 5.91 Å². The van der Waals surface area contributed by atoms with Crippen LogP contribution in [0.1, 0.15) is 15.9 Å². The lowest BCUT2D eigenvalue weighted by Crippen LogP contribution is -2.13. The first-order chi connectivity index (χ1) is 8.58. The summed E-state index contributed by atoms with van der Waals surface area (Å²) in [7, 11) is 0. The quantitative estimate of drug-likeness (QED) is 0.812. The molecule has 0 aromatic heterocycles. The van der Waals surface area contributed by atoms with Crippen molar-refractivity contribution in [3.8, 4) is 0 Å². The average Bonchev–Trinajstić information content (AvgIpc) is 2.35. The van der Waals surface area contributed by atoms with Crippen LogP contribution in [0.5, 0.6) is 0 Å². The monoisotopic (exact) mass is 260 g/mol. The van der Waals surface area contributed by atoms with Crippen molar-refractivity contribution < 1.29 is 4.79 Å². The van der Waals surface area contributed by atoms with Crippen LogP contribution < -0.4 is 11.1 Å². The van der Waals surface area contributed by atoms with Gasteiger partial charge in [0.05, 0.1) is 11.4 Å². The first kappa shape index (κ1) is 12.5. The molecule has 0 unspecified atom stereocenters. The molecule has 92 valence electrons. The predicted molar refractivity (Wildman–Crippen MR) is 75.0 cm³/mol. The Morgan fingerprint density at radius 1 is 1.22 bits per heavy atom. The second-order valence-electron chi connectivity index (χ2n) is 4.01. The number of nitrogens with one attached hydrogen (secondary N) is 1. The zero-order chi connectivity index (χ0) is 13.1. The third kappa shape index (κ3) is 2.63. The Balaban J connectivity index is 2.22. The van der Waals surface area contributed by atoms with Gasteiger partial charge in [-0.05, 0) is 42.8 Å². The van der Waals surface area contributed by atoms with Crippen molar-refractivity contribution in [1.29, 1.82) is 0 Å². The lowest BCUT2D eigenvalue weighted by molar-refractivity contribution is 0.102. The second-order valence-corrected chi connectivity index (χ2v) is 4.41. The zero-order valence-corrected chi connectivity index (χ0v) is 10.7. The van der Waals surface area contributed by atoms with Crippen LogP contribution in [0.3, 0.4) is 0 Å². The molecular formula is C14H13ClN2O. The highest BCUT2D eigenvalue weighted by Gasteiger charge is 2.08. The molecule has 0 fully saturated rings. The molecule has 0 bridgehead atoms. The van der Waals surface area contributed by atoms with E-state index in [4.69, 9.17) is 17.3 Å². The topological polar surface area (TPSA) is 55.1 Å². The van der Waals surface area contributed by atoms with Crippen molar-refractivity contribution in [1.82, 2.24) is 0 Å². The number of aryl methyl sites for hydroxylation is 1. The maximum Gasteiger partial charge on any atom is 0.255 e. The van der Waals surface area contributed by atoms with Gasteiger partial charge in [-0.15, -0.1) is 0 Å². The van der Waals surface area contributed by atoms with Crippen molar-refractivity contribution in [3.63, 3.8) is 0 Å². The molecule has 1 amide bonds. The number of hydrogen-bond acceptors (Lipinski definition) is 2. The van der Waals surface area contributed by atoms with E-state index in [0.29, 0.717) is 22.0 Å². The molecule has 0 aliphatic heterocycles. The van der Waals surface area contributed by atoms with Gasteiger partial charge in [-0.3, -0.25) is 4.79 Å². The fourth-order valence-electron chi connectivity index (χ4n) is 1.59. The van der Waals surface area contributed by atoms with Crippen LogP contribution in [0.25, 0.3) is 0 Å². The minimum Gasteiger partial charge on any atom is -0.397 e. The summed E-state index contributed by atoms with van der Waals surface area (Å²) < 4.78 is 0. The van der Waals surface area contributed by atoms with Crippen molar-refractivity contribution in [2.24, 2.45) is 0 Å². The molecule has 0 saturated heterocycles. The van der Waals surface area contributed by atoms with Crippen LogP contribution in [0.2, 0.25) is 5.02 Å². The molecule has 0 heterocycles. The van der Waals surface area contributed by atoms with E-state index in [1.165, 1.54) is 0 Å². The summed E-state index contributed by atoms with van der Waals surface area (Å²) in [5.41, 5.74) is 8.33. The fraction of sp³-hybridized carbons (Fsp3) is 0.0714. The van der Waals surface area contributed by atoms with Gasteiger partial charge in [0.15, 0.2) is 0 Å². The second kappa shape index (κ2) is 5.10. The number of carbonyl (C=O) groups excluding carboxylic acids is 1. The SMILES string of the molecule is Cc1cc(C(=O)Nc2ccccc2N)ccc1Cl. The van der Waals surface area contributed by atoms with Crippen LogP contribution in [0.15, 0.2) is 42.5 Å². The standard InChI is InChI=1S/C14H13ClN2O/c1-9-8-10(6-7-11(9)15)14(18)17-13-5-3-2-4-12(13)16/h2-8H,16H2,1H3,(H,17,18). The van der Waals surface area contributed by atoms with Crippen LogP contribution in [-0.4, -0.2) is 5.91 Å². The number of para-hydroxylation sites is 2. The molecule has 0 aliphatic carbocycles. The normalized spacial score (nSPS) is 10.1. The van der Waals surface area contributed by atoms with E-state index in [2.05, 4.69) is 5.32 Å². The van der Waals surface area contributed by atoms with Crippen LogP contribution in [0, 0.1) is 6.92 Å². The zero-order valence-electron chi connectivity index (χ0n) is 9.91. The molecule has 2 rings (SSSR count). The number of nitrogens with two attached hydrogens (primary N) is 1. The predicted octanol–water partition coefficient (Wildman–Crippen LogP) is 3.48. The van der Waals surface area contributed by atoms with Crippen LogP contribution in [0.4, 0.5) is 11.4 Å². The highest BCUT2D eigenvalue weighted by molar-refractivity contribution is 6.31. The molecule has 0 spiro atoms. The van der Waals surface area contributed by atoms with Crippen LogP contribution in [-0.2, 0) is 0 Å². The molecule has 0 radical (unpaired) electrons. The van der Waals surface area contributed by atoms with Gasteiger partial charge >= 0.3 is 0 Å². The smallest absolute Gasteiger partial charge is 0.255 e. The van der Waals surface area contributed by atoms with E-state index in [1.54, 1.807) is 30.3 Å². The highest BCUT2D eigenvalue weighted by Crippen LogP contribution is 2.20. The molecular weight excluding hydrogens is 248 g/mol.